The number of amides is 1. The Hall–Kier alpha value is -3.05. The van der Waals surface area contributed by atoms with Crippen LogP contribution in [0.3, 0.4) is 0 Å². The summed E-state index contributed by atoms with van der Waals surface area (Å²) in [6, 6.07) is 24.0. The first-order valence-corrected chi connectivity index (χ1v) is 15.1. The van der Waals surface area contributed by atoms with E-state index in [1.807, 2.05) is 30.3 Å². The van der Waals surface area contributed by atoms with E-state index >= 15 is 0 Å². The predicted octanol–water partition coefficient (Wildman–Crippen LogP) is 3.02. The second kappa shape index (κ2) is 12.0. The molecule has 0 spiro atoms. The number of carbonyl (C=O) groups excluding carboxylic acids is 1. The Labute approximate surface area is 219 Å². The summed E-state index contributed by atoms with van der Waals surface area (Å²) in [5.74, 6) is -0.443. The molecule has 1 amide bonds. The zero-order chi connectivity index (χ0) is 26.3. The second-order valence-electron chi connectivity index (χ2n) is 8.92. The highest BCUT2D eigenvalue weighted by molar-refractivity contribution is 7.89. The lowest BCUT2D eigenvalue weighted by Gasteiger charge is -2.22. The average molecular weight is 542 g/mol. The molecule has 0 aliphatic carbocycles. The Morgan fingerprint density at radius 3 is 1.97 bits per heavy atom. The minimum atomic E-state index is -3.88. The number of nitrogens with zero attached hydrogens (tertiary/aromatic N) is 2. The summed E-state index contributed by atoms with van der Waals surface area (Å²) >= 11 is 0. The van der Waals surface area contributed by atoms with Gasteiger partial charge < -0.3 is 5.32 Å². The molecule has 0 bridgehead atoms. The van der Waals surface area contributed by atoms with Gasteiger partial charge in [-0.3, -0.25) is 4.79 Å². The minimum Gasteiger partial charge on any atom is -0.351 e. The summed E-state index contributed by atoms with van der Waals surface area (Å²) in [5.41, 5.74) is 1.69. The van der Waals surface area contributed by atoms with E-state index in [-0.39, 0.29) is 29.4 Å². The molecule has 8 nitrogen and oxygen atoms in total. The SMILES string of the molecule is O=C(CN(CCc1ccccc1)S(=O)(=O)c1ccccc1)NCc1ccc(S(=O)(=O)N2CCCC2)cc1. The Morgan fingerprint density at radius 1 is 0.757 bits per heavy atom. The van der Waals surface area contributed by atoms with Crippen LogP contribution in [0.4, 0.5) is 0 Å². The van der Waals surface area contributed by atoms with Crippen molar-refractivity contribution in [1.29, 1.82) is 0 Å². The first-order valence-electron chi connectivity index (χ1n) is 12.2. The van der Waals surface area contributed by atoms with Gasteiger partial charge in [0.25, 0.3) is 0 Å². The molecule has 0 atom stereocenters. The van der Waals surface area contributed by atoms with Crippen LogP contribution >= 0.6 is 0 Å². The number of rotatable bonds is 11. The summed E-state index contributed by atoms with van der Waals surface area (Å²) < 4.78 is 54.7. The molecular formula is C27H31N3O5S2. The van der Waals surface area contributed by atoms with Crippen molar-refractivity contribution in [3.63, 3.8) is 0 Å². The Kier molecular flexibility index (Phi) is 8.75. The van der Waals surface area contributed by atoms with Gasteiger partial charge >= 0.3 is 0 Å². The maximum Gasteiger partial charge on any atom is 0.243 e. The largest absolute Gasteiger partial charge is 0.351 e. The van der Waals surface area contributed by atoms with Crippen LogP contribution in [-0.4, -0.2) is 57.5 Å². The zero-order valence-corrected chi connectivity index (χ0v) is 22.1. The van der Waals surface area contributed by atoms with Crippen LogP contribution in [0.25, 0.3) is 0 Å². The van der Waals surface area contributed by atoms with E-state index in [2.05, 4.69) is 5.32 Å². The van der Waals surface area contributed by atoms with Crippen LogP contribution in [0.5, 0.6) is 0 Å². The molecule has 1 N–H and O–H groups in total. The number of hydrogen-bond acceptors (Lipinski definition) is 5. The molecule has 0 radical (unpaired) electrons. The van der Waals surface area contributed by atoms with E-state index in [1.165, 1.54) is 20.7 Å². The maximum atomic E-state index is 13.3. The van der Waals surface area contributed by atoms with Crippen molar-refractivity contribution in [2.24, 2.45) is 0 Å². The fourth-order valence-corrected chi connectivity index (χ4v) is 7.13. The molecule has 37 heavy (non-hydrogen) atoms. The number of benzene rings is 3. The molecule has 1 saturated heterocycles. The monoisotopic (exact) mass is 541 g/mol. The number of sulfonamides is 2. The summed E-state index contributed by atoms with van der Waals surface area (Å²) in [7, 11) is -7.38. The lowest BCUT2D eigenvalue weighted by atomic mass is 10.1. The molecule has 1 aliphatic rings. The molecule has 1 aliphatic heterocycles. The lowest BCUT2D eigenvalue weighted by Crippen LogP contribution is -2.41. The molecule has 1 fully saturated rings. The normalized spacial score (nSPS) is 14.6. The first kappa shape index (κ1) is 27.0. The van der Waals surface area contributed by atoms with Crippen molar-refractivity contribution in [2.75, 3.05) is 26.2 Å². The molecule has 10 heteroatoms. The number of carbonyl (C=O) groups is 1. The van der Waals surface area contributed by atoms with Crippen LogP contribution in [-0.2, 0) is 37.8 Å². The minimum absolute atomic E-state index is 0.130. The molecule has 3 aromatic carbocycles. The topological polar surface area (TPSA) is 104 Å². The summed E-state index contributed by atoms with van der Waals surface area (Å²) in [5, 5.41) is 2.76. The molecule has 4 rings (SSSR count). The van der Waals surface area contributed by atoms with Gasteiger partial charge in [-0.05, 0) is 54.7 Å². The summed E-state index contributed by atoms with van der Waals surface area (Å²) in [4.78, 5) is 13.2. The Bertz CT molecular complexity index is 1390. The zero-order valence-electron chi connectivity index (χ0n) is 20.5. The number of nitrogens with one attached hydrogen (secondary N) is 1. The third kappa shape index (κ3) is 6.84. The van der Waals surface area contributed by atoms with Gasteiger partial charge in [-0.25, -0.2) is 16.8 Å². The predicted molar refractivity (Wildman–Crippen MR) is 142 cm³/mol. The molecule has 196 valence electrons. The molecule has 1 heterocycles. The van der Waals surface area contributed by atoms with Gasteiger partial charge in [0, 0.05) is 26.2 Å². The lowest BCUT2D eigenvalue weighted by molar-refractivity contribution is -0.121. The highest BCUT2D eigenvalue weighted by Gasteiger charge is 2.28. The molecule has 3 aromatic rings. The van der Waals surface area contributed by atoms with Gasteiger partial charge in [-0.15, -0.1) is 0 Å². The van der Waals surface area contributed by atoms with Gasteiger partial charge in [0.15, 0.2) is 0 Å². The van der Waals surface area contributed by atoms with Gasteiger partial charge in [-0.2, -0.15) is 8.61 Å². The van der Waals surface area contributed by atoms with Crippen molar-refractivity contribution < 1.29 is 21.6 Å². The van der Waals surface area contributed by atoms with Gasteiger partial charge in [0.05, 0.1) is 16.3 Å². The fraction of sp³-hybridized carbons (Fsp3) is 0.296. The van der Waals surface area contributed by atoms with Gasteiger partial charge in [0.2, 0.25) is 26.0 Å². The quantitative estimate of drug-likeness (QED) is 0.402. The van der Waals surface area contributed by atoms with E-state index < -0.39 is 26.0 Å². The molecule has 0 aromatic heterocycles. The van der Waals surface area contributed by atoms with Crippen LogP contribution in [0.15, 0.2) is 94.7 Å². The van der Waals surface area contributed by atoms with Crippen molar-refractivity contribution in [2.45, 2.75) is 35.6 Å². The van der Waals surface area contributed by atoms with E-state index in [4.69, 9.17) is 0 Å². The van der Waals surface area contributed by atoms with E-state index in [0.717, 1.165) is 24.0 Å². The maximum absolute atomic E-state index is 13.3. The molecule has 0 unspecified atom stereocenters. The molecule has 0 saturated carbocycles. The standard InChI is InChI=1S/C27H31N3O5S2/c31-27(28-21-24-13-15-26(16-14-24)36(32,33)29-18-7-8-19-29)22-30(20-17-23-9-3-1-4-10-23)37(34,35)25-11-5-2-6-12-25/h1-6,9-16H,7-8,17-22H2,(H,28,31). The van der Waals surface area contributed by atoms with E-state index in [1.54, 1.807) is 42.5 Å². The first-order chi connectivity index (χ1) is 17.8. The molecular weight excluding hydrogens is 510 g/mol. The third-order valence-electron chi connectivity index (χ3n) is 6.31. The summed E-state index contributed by atoms with van der Waals surface area (Å²) in [6.45, 7) is 1.05. The van der Waals surface area contributed by atoms with Crippen molar-refractivity contribution in [3.05, 3.63) is 96.1 Å². The van der Waals surface area contributed by atoms with Crippen LogP contribution in [0.2, 0.25) is 0 Å². The average Bonchev–Trinajstić information content (AvgIpc) is 3.47. The Morgan fingerprint density at radius 2 is 1.35 bits per heavy atom. The smallest absolute Gasteiger partial charge is 0.243 e. The van der Waals surface area contributed by atoms with Crippen LogP contribution in [0, 0.1) is 0 Å². The second-order valence-corrected chi connectivity index (χ2v) is 12.8. The van der Waals surface area contributed by atoms with Gasteiger partial charge in [-0.1, -0.05) is 60.7 Å². The Balaban J connectivity index is 1.41. The van der Waals surface area contributed by atoms with E-state index in [9.17, 15) is 21.6 Å². The highest BCUT2D eigenvalue weighted by Crippen LogP contribution is 2.21. The summed E-state index contributed by atoms with van der Waals surface area (Å²) in [6.07, 6.45) is 2.20. The third-order valence-corrected chi connectivity index (χ3v) is 10.1. The highest BCUT2D eigenvalue weighted by atomic mass is 32.2. The fourth-order valence-electron chi connectivity index (χ4n) is 4.20. The number of hydrogen-bond donors (Lipinski definition) is 1. The van der Waals surface area contributed by atoms with Crippen molar-refractivity contribution >= 4 is 26.0 Å². The van der Waals surface area contributed by atoms with Crippen LogP contribution in [0.1, 0.15) is 24.0 Å². The van der Waals surface area contributed by atoms with Crippen molar-refractivity contribution in [1.82, 2.24) is 13.9 Å². The van der Waals surface area contributed by atoms with E-state index in [0.29, 0.717) is 19.5 Å². The van der Waals surface area contributed by atoms with Gasteiger partial charge in [0.1, 0.15) is 0 Å². The van der Waals surface area contributed by atoms with Crippen molar-refractivity contribution in [3.8, 4) is 0 Å². The van der Waals surface area contributed by atoms with Crippen LogP contribution < -0.4 is 5.32 Å².